The van der Waals surface area contributed by atoms with E-state index in [1.807, 2.05) is 6.92 Å². The lowest BCUT2D eigenvalue weighted by molar-refractivity contribution is -0.127. The van der Waals surface area contributed by atoms with E-state index < -0.39 is 0 Å². The van der Waals surface area contributed by atoms with Gasteiger partial charge in [-0.1, -0.05) is 12.8 Å². The molecule has 1 saturated carbocycles. The number of nitrogens with one attached hydrogen (secondary N) is 1. The van der Waals surface area contributed by atoms with Crippen molar-refractivity contribution in [3.8, 4) is 0 Å². The molecule has 2 unspecified atom stereocenters. The predicted octanol–water partition coefficient (Wildman–Crippen LogP) is 1.49. The van der Waals surface area contributed by atoms with Crippen molar-refractivity contribution in [3.05, 3.63) is 0 Å². The van der Waals surface area contributed by atoms with Crippen LogP contribution in [0.2, 0.25) is 0 Å². The van der Waals surface area contributed by atoms with Gasteiger partial charge in [0, 0.05) is 6.54 Å². The zero-order chi connectivity index (χ0) is 13.9. The molecule has 1 amide bonds. The molecule has 19 heavy (non-hydrogen) atoms. The number of likely N-dealkylation sites (tertiary alicyclic amines) is 1. The van der Waals surface area contributed by atoms with Crippen molar-refractivity contribution in [3.63, 3.8) is 0 Å². The summed E-state index contributed by atoms with van der Waals surface area (Å²) < 4.78 is 0. The number of carbonyl (C=O) groups is 1. The third-order valence-corrected chi connectivity index (χ3v) is 4.88. The highest BCUT2D eigenvalue weighted by molar-refractivity contribution is 5.82. The van der Waals surface area contributed by atoms with E-state index in [4.69, 9.17) is 5.73 Å². The van der Waals surface area contributed by atoms with Crippen LogP contribution < -0.4 is 11.1 Å². The van der Waals surface area contributed by atoms with Crippen LogP contribution in [-0.2, 0) is 4.79 Å². The Bertz CT molecular complexity index is 309. The first-order chi connectivity index (χ1) is 9.07. The molecule has 2 fully saturated rings. The first kappa shape index (κ1) is 14.8. The molecule has 110 valence electrons. The van der Waals surface area contributed by atoms with Gasteiger partial charge in [-0.2, -0.15) is 0 Å². The standard InChI is InChI=1S/C15H29N3O/c1-12(18-9-5-3-4-6-10-18)14(19)17-15(2,11-16)13-7-8-13/h12-13H,3-11,16H2,1-2H3,(H,17,19). The molecular formula is C15H29N3O. The second kappa shape index (κ2) is 6.23. The van der Waals surface area contributed by atoms with Gasteiger partial charge >= 0.3 is 0 Å². The fourth-order valence-electron chi connectivity index (χ4n) is 3.07. The fraction of sp³-hybridized carbons (Fsp3) is 0.933. The molecule has 4 heteroatoms. The van der Waals surface area contributed by atoms with Crippen LogP contribution >= 0.6 is 0 Å². The van der Waals surface area contributed by atoms with Gasteiger partial charge in [-0.15, -0.1) is 0 Å². The normalized spacial score (nSPS) is 26.3. The summed E-state index contributed by atoms with van der Waals surface area (Å²) in [6, 6.07) is -0.0253. The van der Waals surface area contributed by atoms with Crippen molar-refractivity contribution >= 4 is 5.91 Å². The minimum atomic E-state index is -0.197. The van der Waals surface area contributed by atoms with Gasteiger partial charge in [-0.05, 0) is 58.5 Å². The molecule has 2 atom stereocenters. The molecule has 2 rings (SSSR count). The van der Waals surface area contributed by atoms with Crippen LogP contribution in [0, 0.1) is 5.92 Å². The van der Waals surface area contributed by atoms with E-state index in [2.05, 4.69) is 17.1 Å². The Labute approximate surface area is 117 Å². The van der Waals surface area contributed by atoms with Gasteiger partial charge in [0.1, 0.15) is 0 Å². The highest BCUT2D eigenvalue weighted by Crippen LogP contribution is 2.39. The number of amides is 1. The van der Waals surface area contributed by atoms with E-state index >= 15 is 0 Å². The maximum atomic E-state index is 12.5. The lowest BCUT2D eigenvalue weighted by Gasteiger charge is -2.34. The summed E-state index contributed by atoms with van der Waals surface area (Å²) in [5, 5.41) is 3.22. The molecule has 1 aliphatic heterocycles. The Morgan fingerprint density at radius 1 is 1.32 bits per heavy atom. The summed E-state index contributed by atoms with van der Waals surface area (Å²) in [5.74, 6) is 0.736. The van der Waals surface area contributed by atoms with Crippen molar-refractivity contribution in [1.29, 1.82) is 0 Å². The van der Waals surface area contributed by atoms with Crippen molar-refractivity contribution < 1.29 is 4.79 Å². The van der Waals surface area contributed by atoms with Crippen molar-refractivity contribution in [1.82, 2.24) is 10.2 Å². The van der Waals surface area contributed by atoms with Gasteiger partial charge in [-0.3, -0.25) is 9.69 Å². The molecule has 2 aliphatic rings. The van der Waals surface area contributed by atoms with Crippen LogP contribution in [0.25, 0.3) is 0 Å². The van der Waals surface area contributed by atoms with Crippen LogP contribution in [0.1, 0.15) is 52.4 Å². The van der Waals surface area contributed by atoms with Gasteiger partial charge in [0.2, 0.25) is 5.91 Å². The minimum Gasteiger partial charge on any atom is -0.348 e. The number of carbonyl (C=O) groups excluding carboxylic acids is 1. The molecule has 0 aromatic rings. The molecule has 0 aromatic heterocycles. The Kier molecular flexibility index (Phi) is 4.85. The summed E-state index contributed by atoms with van der Waals surface area (Å²) >= 11 is 0. The van der Waals surface area contributed by atoms with Gasteiger partial charge in [0.15, 0.2) is 0 Å². The van der Waals surface area contributed by atoms with E-state index in [0.29, 0.717) is 12.5 Å². The number of nitrogens with two attached hydrogens (primary N) is 1. The van der Waals surface area contributed by atoms with Crippen LogP contribution in [-0.4, -0.2) is 42.0 Å². The summed E-state index contributed by atoms with van der Waals surface area (Å²) in [4.78, 5) is 14.8. The monoisotopic (exact) mass is 267 g/mol. The first-order valence-electron chi connectivity index (χ1n) is 7.83. The molecule has 0 aromatic carbocycles. The van der Waals surface area contributed by atoms with Gasteiger partial charge in [-0.25, -0.2) is 0 Å². The lowest BCUT2D eigenvalue weighted by Crippen LogP contribution is -2.57. The average molecular weight is 267 g/mol. The molecule has 0 radical (unpaired) electrons. The van der Waals surface area contributed by atoms with Gasteiger partial charge in [0.05, 0.1) is 11.6 Å². The van der Waals surface area contributed by atoms with E-state index in [9.17, 15) is 4.79 Å². The molecule has 1 aliphatic carbocycles. The van der Waals surface area contributed by atoms with E-state index in [-0.39, 0.29) is 17.5 Å². The highest BCUT2D eigenvalue weighted by Gasteiger charge is 2.42. The minimum absolute atomic E-state index is 0.0253. The third-order valence-electron chi connectivity index (χ3n) is 4.88. The SMILES string of the molecule is CC(C(=O)NC(C)(CN)C1CC1)N1CCCCCC1. The molecule has 1 heterocycles. The van der Waals surface area contributed by atoms with Gasteiger partial charge in [0.25, 0.3) is 0 Å². The Balaban J connectivity index is 1.90. The van der Waals surface area contributed by atoms with Crippen LogP contribution in [0.3, 0.4) is 0 Å². The average Bonchev–Trinajstić information content (AvgIpc) is 3.23. The van der Waals surface area contributed by atoms with Crippen molar-refractivity contribution in [2.75, 3.05) is 19.6 Å². The predicted molar refractivity (Wildman–Crippen MR) is 77.8 cm³/mol. The molecular weight excluding hydrogens is 238 g/mol. The van der Waals surface area contributed by atoms with E-state index in [1.165, 1.54) is 38.5 Å². The number of hydrogen-bond acceptors (Lipinski definition) is 3. The van der Waals surface area contributed by atoms with Gasteiger partial charge < -0.3 is 11.1 Å². The van der Waals surface area contributed by atoms with E-state index in [0.717, 1.165) is 13.1 Å². The quantitative estimate of drug-likeness (QED) is 0.793. The largest absolute Gasteiger partial charge is 0.348 e. The Hall–Kier alpha value is -0.610. The lowest BCUT2D eigenvalue weighted by atomic mass is 9.95. The Morgan fingerprint density at radius 3 is 2.37 bits per heavy atom. The topological polar surface area (TPSA) is 58.4 Å². The van der Waals surface area contributed by atoms with Crippen molar-refractivity contribution in [2.24, 2.45) is 11.7 Å². The zero-order valence-electron chi connectivity index (χ0n) is 12.5. The molecule has 1 saturated heterocycles. The van der Waals surface area contributed by atoms with Crippen LogP contribution in [0.15, 0.2) is 0 Å². The summed E-state index contributed by atoms with van der Waals surface area (Å²) in [6.07, 6.45) is 7.43. The first-order valence-corrected chi connectivity index (χ1v) is 7.83. The maximum absolute atomic E-state index is 12.5. The molecule has 0 bridgehead atoms. The second-order valence-corrected chi connectivity index (χ2v) is 6.51. The summed E-state index contributed by atoms with van der Waals surface area (Å²) in [7, 11) is 0. The smallest absolute Gasteiger partial charge is 0.237 e. The molecule has 0 spiro atoms. The van der Waals surface area contributed by atoms with Crippen molar-refractivity contribution in [2.45, 2.75) is 64.0 Å². The maximum Gasteiger partial charge on any atom is 0.237 e. The number of rotatable bonds is 5. The Morgan fingerprint density at radius 2 is 1.89 bits per heavy atom. The third kappa shape index (κ3) is 3.69. The molecule has 3 N–H and O–H groups in total. The summed E-state index contributed by atoms with van der Waals surface area (Å²) in [5.41, 5.74) is 5.67. The van der Waals surface area contributed by atoms with E-state index in [1.54, 1.807) is 0 Å². The van der Waals surface area contributed by atoms with Crippen LogP contribution in [0.5, 0.6) is 0 Å². The number of hydrogen-bond donors (Lipinski definition) is 2. The zero-order valence-corrected chi connectivity index (χ0v) is 12.5. The second-order valence-electron chi connectivity index (χ2n) is 6.51. The fourth-order valence-corrected chi connectivity index (χ4v) is 3.07. The highest BCUT2D eigenvalue weighted by atomic mass is 16.2. The van der Waals surface area contributed by atoms with Crippen LogP contribution in [0.4, 0.5) is 0 Å². The summed E-state index contributed by atoms with van der Waals surface area (Å²) in [6.45, 7) is 6.77. The number of nitrogens with zero attached hydrogens (tertiary/aromatic N) is 1. The molecule has 4 nitrogen and oxygen atoms in total.